The van der Waals surface area contributed by atoms with Crippen molar-refractivity contribution < 1.29 is 8.42 Å². The summed E-state index contributed by atoms with van der Waals surface area (Å²) in [6.45, 7) is 1.81. The van der Waals surface area contributed by atoms with Crippen LogP contribution in [0.1, 0.15) is 5.56 Å². The van der Waals surface area contributed by atoms with Gasteiger partial charge in [-0.25, -0.2) is 8.42 Å². The number of sulfonamides is 1. The molecule has 0 aliphatic carbocycles. The number of hydrogen-bond acceptors (Lipinski definition) is 4. The molecule has 0 amide bonds. The van der Waals surface area contributed by atoms with Crippen LogP contribution in [0.15, 0.2) is 47.6 Å². The normalized spacial score (nSPS) is 11.3. The van der Waals surface area contributed by atoms with Gasteiger partial charge in [0.05, 0.1) is 10.6 Å². The second-order valence-corrected chi connectivity index (χ2v) is 6.23. The number of anilines is 2. The number of aromatic nitrogens is 1. The highest BCUT2D eigenvalue weighted by Crippen LogP contribution is 2.23. The lowest BCUT2D eigenvalue weighted by Gasteiger charge is -2.19. The van der Waals surface area contributed by atoms with Crippen molar-refractivity contribution in [3.63, 3.8) is 0 Å². The molecule has 0 atom stereocenters. The number of nitrogens with zero attached hydrogens (tertiary/aromatic N) is 2. The second-order valence-electron chi connectivity index (χ2n) is 4.26. The van der Waals surface area contributed by atoms with Crippen LogP contribution in [0.5, 0.6) is 0 Å². The number of aryl methyl sites for hydroxylation is 1. The van der Waals surface area contributed by atoms with Crippen molar-refractivity contribution in [3.05, 3.63) is 48.3 Å². The van der Waals surface area contributed by atoms with Gasteiger partial charge in [0, 0.05) is 25.1 Å². The van der Waals surface area contributed by atoms with E-state index in [9.17, 15) is 8.42 Å². The van der Waals surface area contributed by atoms with Gasteiger partial charge in [-0.1, -0.05) is 0 Å². The van der Waals surface area contributed by atoms with E-state index in [1.54, 1.807) is 36.7 Å². The van der Waals surface area contributed by atoms with Gasteiger partial charge in [-0.15, -0.1) is 0 Å². The van der Waals surface area contributed by atoms with Gasteiger partial charge in [-0.3, -0.25) is 9.29 Å². The summed E-state index contributed by atoms with van der Waals surface area (Å²) in [4.78, 5) is 4.05. The van der Waals surface area contributed by atoms with E-state index in [1.165, 1.54) is 17.4 Å². The highest BCUT2D eigenvalue weighted by molar-refractivity contribution is 7.92. The number of nitrogen functional groups attached to an aromatic ring is 1. The molecule has 1 aromatic carbocycles. The molecule has 2 rings (SSSR count). The summed E-state index contributed by atoms with van der Waals surface area (Å²) in [6, 6.07) is 8.06. The van der Waals surface area contributed by atoms with E-state index in [-0.39, 0.29) is 4.90 Å². The molecule has 0 bridgehead atoms. The Bertz CT molecular complexity index is 664. The van der Waals surface area contributed by atoms with Crippen LogP contribution in [0.4, 0.5) is 11.4 Å². The fourth-order valence-electron chi connectivity index (χ4n) is 1.78. The Labute approximate surface area is 112 Å². The highest BCUT2D eigenvalue weighted by Gasteiger charge is 2.21. The maximum absolute atomic E-state index is 12.5. The molecule has 6 heteroatoms. The monoisotopic (exact) mass is 277 g/mol. The Morgan fingerprint density at radius 2 is 1.79 bits per heavy atom. The smallest absolute Gasteiger partial charge is 0.264 e. The summed E-state index contributed by atoms with van der Waals surface area (Å²) in [5.41, 5.74) is 7.49. The van der Waals surface area contributed by atoms with Crippen molar-refractivity contribution in [2.45, 2.75) is 11.8 Å². The average Bonchev–Trinajstić information content (AvgIpc) is 2.37. The van der Waals surface area contributed by atoms with Crippen LogP contribution < -0.4 is 10.0 Å². The molecule has 5 nitrogen and oxygen atoms in total. The highest BCUT2D eigenvalue weighted by atomic mass is 32.2. The molecular formula is C13H15N3O2S. The van der Waals surface area contributed by atoms with E-state index in [4.69, 9.17) is 5.73 Å². The van der Waals surface area contributed by atoms with Gasteiger partial charge in [-0.05, 0) is 42.8 Å². The lowest BCUT2D eigenvalue weighted by Crippen LogP contribution is -2.26. The molecule has 19 heavy (non-hydrogen) atoms. The summed E-state index contributed by atoms with van der Waals surface area (Å²) in [6.07, 6.45) is 3.10. The lowest BCUT2D eigenvalue weighted by atomic mass is 10.2. The Hall–Kier alpha value is -2.08. The zero-order chi connectivity index (χ0) is 14.0. The van der Waals surface area contributed by atoms with E-state index < -0.39 is 10.0 Å². The first kappa shape index (κ1) is 13.4. The Morgan fingerprint density at radius 3 is 2.37 bits per heavy atom. The maximum Gasteiger partial charge on any atom is 0.264 e. The topological polar surface area (TPSA) is 76.3 Å². The zero-order valence-corrected chi connectivity index (χ0v) is 11.6. The minimum Gasteiger partial charge on any atom is -0.399 e. The van der Waals surface area contributed by atoms with Crippen LogP contribution in [0, 0.1) is 6.92 Å². The molecule has 2 aromatic rings. The molecule has 0 unspecified atom stereocenters. The number of benzene rings is 1. The van der Waals surface area contributed by atoms with Crippen molar-refractivity contribution in [1.82, 2.24) is 4.98 Å². The van der Waals surface area contributed by atoms with E-state index in [1.807, 2.05) is 6.92 Å². The predicted molar refractivity (Wildman–Crippen MR) is 75.4 cm³/mol. The summed E-state index contributed by atoms with van der Waals surface area (Å²) in [5.74, 6) is 0. The number of rotatable bonds is 3. The molecule has 0 saturated heterocycles. The largest absolute Gasteiger partial charge is 0.399 e. The molecule has 0 radical (unpaired) electrons. The van der Waals surface area contributed by atoms with Crippen LogP contribution in [0.25, 0.3) is 0 Å². The molecular weight excluding hydrogens is 262 g/mol. The fourth-order valence-corrected chi connectivity index (χ4v) is 3.11. The van der Waals surface area contributed by atoms with E-state index >= 15 is 0 Å². The maximum atomic E-state index is 12.5. The third-order valence-corrected chi connectivity index (χ3v) is 4.52. The first-order chi connectivity index (χ1) is 8.91. The van der Waals surface area contributed by atoms with Crippen LogP contribution in [-0.4, -0.2) is 20.4 Å². The van der Waals surface area contributed by atoms with Crippen molar-refractivity contribution in [1.29, 1.82) is 0 Å². The Morgan fingerprint density at radius 1 is 1.16 bits per heavy atom. The van der Waals surface area contributed by atoms with Gasteiger partial charge in [-0.2, -0.15) is 0 Å². The lowest BCUT2D eigenvalue weighted by molar-refractivity contribution is 0.594. The SMILES string of the molecule is Cc1cc(N)cc(S(=O)(=O)N(C)c2ccncc2)c1. The quantitative estimate of drug-likeness (QED) is 0.868. The summed E-state index contributed by atoms with van der Waals surface area (Å²) in [5, 5.41) is 0. The van der Waals surface area contributed by atoms with Crippen molar-refractivity contribution in [2.75, 3.05) is 17.1 Å². The molecule has 1 aromatic heterocycles. The summed E-state index contributed by atoms with van der Waals surface area (Å²) < 4.78 is 26.2. The number of pyridine rings is 1. The van der Waals surface area contributed by atoms with Crippen LogP contribution in [-0.2, 0) is 10.0 Å². The molecule has 100 valence electrons. The van der Waals surface area contributed by atoms with Gasteiger partial charge in [0.2, 0.25) is 0 Å². The minimum absolute atomic E-state index is 0.185. The summed E-state index contributed by atoms with van der Waals surface area (Å²) >= 11 is 0. The molecule has 2 N–H and O–H groups in total. The molecule has 0 fully saturated rings. The Balaban J connectivity index is 2.48. The minimum atomic E-state index is -3.61. The standard InChI is InChI=1S/C13H15N3O2S/c1-10-7-11(14)9-13(8-10)19(17,18)16(2)12-3-5-15-6-4-12/h3-9H,14H2,1-2H3. The third kappa shape index (κ3) is 2.68. The van der Waals surface area contributed by atoms with Gasteiger partial charge in [0.1, 0.15) is 0 Å². The molecule has 0 saturated carbocycles. The Kier molecular flexibility index (Phi) is 3.44. The third-order valence-electron chi connectivity index (χ3n) is 2.76. The molecule has 0 spiro atoms. The molecule has 0 aliphatic heterocycles. The first-order valence-electron chi connectivity index (χ1n) is 5.67. The average molecular weight is 277 g/mol. The van der Waals surface area contributed by atoms with E-state index in [0.29, 0.717) is 11.4 Å². The van der Waals surface area contributed by atoms with Gasteiger partial charge >= 0.3 is 0 Å². The van der Waals surface area contributed by atoms with Gasteiger partial charge in [0.25, 0.3) is 10.0 Å². The summed E-state index contributed by atoms with van der Waals surface area (Å²) in [7, 11) is -2.11. The van der Waals surface area contributed by atoms with Crippen LogP contribution >= 0.6 is 0 Å². The fraction of sp³-hybridized carbons (Fsp3) is 0.154. The number of nitrogens with two attached hydrogens (primary N) is 1. The van der Waals surface area contributed by atoms with Crippen molar-refractivity contribution in [3.8, 4) is 0 Å². The van der Waals surface area contributed by atoms with Gasteiger partial charge < -0.3 is 5.73 Å². The van der Waals surface area contributed by atoms with E-state index in [2.05, 4.69) is 4.98 Å². The first-order valence-corrected chi connectivity index (χ1v) is 7.11. The molecule has 1 heterocycles. The second kappa shape index (κ2) is 4.89. The van der Waals surface area contributed by atoms with Crippen LogP contribution in [0.3, 0.4) is 0 Å². The predicted octanol–water partition coefficient (Wildman–Crippen LogP) is 1.80. The van der Waals surface area contributed by atoms with Crippen molar-refractivity contribution >= 4 is 21.4 Å². The van der Waals surface area contributed by atoms with Crippen molar-refractivity contribution in [2.24, 2.45) is 0 Å². The molecule has 0 aliphatic rings. The van der Waals surface area contributed by atoms with E-state index in [0.717, 1.165) is 5.56 Å². The zero-order valence-electron chi connectivity index (χ0n) is 10.7. The number of hydrogen-bond donors (Lipinski definition) is 1. The van der Waals surface area contributed by atoms with Gasteiger partial charge in [0.15, 0.2) is 0 Å². The van der Waals surface area contributed by atoms with Crippen LogP contribution in [0.2, 0.25) is 0 Å².